The van der Waals surface area contributed by atoms with Gasteiger partial charge >= 0.3 is 0 Å². The molecule has 0 aliphatic heterocycles. The Morgan fingerprint density at radius 2 is 1.37 bits per heavy atom. The van der Waals surface area contributed by atoms with Crippen LogP contribution < -0.4 is 28.3 Å². The number of nitrogen functional groups attached to an aromatic ring is 1. The van der Waals surface area contributed by atoms with Crippen LogP contribution in [-0.2, 0) is 0 Å². The van der Waals surface area contributed by atoms with E-state index in [1.165, 1.54) is 37.7 Å². The van der Waals surface area contributed by atoms with E-state index in [1.54, 1.807) is 0 Å². The number of nitrogens with one attached hydrogen (secondary N) is 2. The maximum Gasteiger partial charge on any atom is 0.188 e. The van der Waals surface area contributed by atoms with E-state index in [1.807, 2.05) is 31.2 Å². The lowest BCUT2D eigenvalue weighted by Gasteiger charge is -2.04. The predicted molar refractivity (Wildman–Crippen MR) is 130 cm³/mol. The SMILES string of the molecule is CCCCNC(N)=NCCCCCCCCN=C(N)N.Cc1ccc(C(=N)N)cc1. The Balaban J connectivity index is 0.000000696. The Labute approximate surface area is 182 Å². The zero-order valence-electron chi connectivity index (χ0n) is 18.8. The lowest BCUT2D eigenvalue weighted by molar-refractivity contribution is 0.601. The van der Waals surface area contributed by atoms with Crippen LogP contribution >= 0.6 is 0 Å². The molecule has 0 aliphatic rings. The fraction of sp³-hybridized carbons (Fsp3) is 0.591. The number of nitrogens with zero attached hydrogens (tertiary/aromatic N) is 2. The molecule has 30 heavy (non-hydrogen) atoms. The normalized spacial score (nSPS) is 10.7. The van der Waals surface area contributed by atoms with Gasteiger partial charge in [0, 0.05) is 25.2 Å². The van der Waals surface area contributed by atoms with E-state index < -0.39 is 0 Å². The Morgan fingerprint density at radius 3 is 1.87 bits per heavy atom. The average Bonchev–Trinajstić information content (AvgIpc) is 2.70. The third-order valence-electron chi connectivity index (χ3n) is 4.34. The quantitative estimate of drug-likeness (QED) is 0.164. The van der Waals surface area contributed by atoms with Gasteiger partial charge in [0.15, 0.2) is 11.9 Å². The summed E-state index contributed by atoms with van der Waals surface area (Å²) in [5.41, 5.74) is 23.5. The molecule has 0 atom stereocenters. The van der Waals surface area contributed by atoms with E-state index >= 15 is 0 Å². The molecule has 170 valence electrons. The molecular formula is C22H42N8. The van der Waals surface area contributed by atoms with Crippen molar-refractivity contribution in [2.24, 2.45) is 32.9 Å². The van der Waals surface area contributed by atoms with Crippen molar-refractivity contribution >= 4 is 17.8 Å². The highest BCUT2D eigenvalue weighted by molar-refractivity contribution is 5.94. The molecule has 0 unspecified atom stereocenters. The van der Waals surface area contributed by atoms with Gasteiger partial charge in [0.05, 0.1) is 0 Å². The second-order valence-electron chi connectivity index (χ2n) is 7.25. The van der Waals surface area contributed by atoms with Gasteiger partial charge in [-0.3, -0.25) is 15.4 Å². The maximum atomic E-state index is 7.08. The number of rotatable bonds is 13. The van der Waals surface area contributed by atoms with Crippen molar-refractivity contribution in [2.75, 3.05) is 19.6 Å². The first-order valence-electron chi connectivity index (χ1n) is 10.9. The summed E-state index contributed by atoms with van der Waals surface area (Å²) in [5.74, 6) is 0.892. The Bertz CT molecular complexity index is 619. The van der Waals surface area contributed by atoms with Gasteiger partial charge in [0.2, 0.25) is 0 Å². The molecule has 0 heterocycles. The van der Waals surface area contributed by atoms with Crippen molar-refractivity contribution < 1.29 is 0 Å². The van der Waals surface area contributed by atoms with Crippen LogP contribution in [0, 0.1) is 12.3 Å². The second kappa shape index (κ2) is 18.3. The minimum Gasteiger partial charge on any atom is -0.384 e. The number of aryl methyl sites for hydroxylation is 1. The number of hydrogen-bond acceptors (Lipinski definition) is 3. The minimum atomic E-state index is 0.125. The summed E-state index contributed by atoms with van der Waals surface area (Å²) in [6.07, 6.45) is 9.32. The first-order valence-corrected chi connectivity index (χ1v) is 10.9. The number of aliphatic imine (C=N–C) groups is 2. The Morgan fingerprint density at radius 1 is 0.833 bits per heavy atom. The van der Waals surface area contributed by atoms with Crippen molar-refractivity contribution in [3.8, 4) is 0 Å². The number of hydrogen-bond donors (Lipinski definition) is 6. The summed E-state index contributed by atoms with van der Waals surface area (Å²) in [6.45, 7) is 6.64. The molecule has 0 saturated carbocycles. The van der Waals surface area contributed by atoms with Crippen LogP contribution in [0.4, 0.5) is 0 Å². The third kappa shape index (κ3) is 17.3. The largest absolute Gasteiger partial charge is 0.384 e. The molecule has 10 N–H and O–H groups in total. The maximum absolute atomic E-state index is 7.08. The van der Waals surface area contributed by atoms with Gasteiger partial charge in [0.25, 0.3) is 0 Å². The fourth-order valence-electron chi connectivity index (χ4n) is 2.52. The predicted octanol–water partition coefficient (Wildman–Crippen LogP) is 2.58. The summed E-state index contributed by atoms with van der Waals surface area (Å²) in [4.78, 5) is 8.26. The van der Waals surface area contributed by atoms with Gasteiger partial charge < -0.3 is 28.3 Å². The van der Waals surface area contributed by atoms with Gasteiger partial charge in [-0.1, -0.05) is 68.9 Å². The van der Waals surface area contributed by atoms with Crippen molar-refractivity contribution in [1.29, 1.82) is 5.41 Å². The summed E-state index contributed by atoms with van der Waals surface area (Å²) >= 11 is 0. The molecule has 0 saturated heterocycles. The standard InChI is InChI=1S/C14H32N6.C8H10N2/c1-2-3-10-19-14(17)20-12-9-7-5-4-6-8-11-18-13(15)16;1-6-2-4-7(5-3-6)8(9)10/h2-12H2,1H3,(H4,15,16,18)(H3,17,19,20);2-5H,1H3,(H3,9,10). The monoisotopic (exact) mass is 418 g/mol. The summed E-state index contributed by atoms with van der Waals surface area (Å²) < 4.78 is 0. The molecule has 0 aliphatic carbocycles. The lowest BCUT2D eigenvalue weighted by atomic mass is 10.1. The van der Waals surface area contributed by atoms with E-state index in [4.69, 9.17) is 28.3 Å². The van der Waals surface area contributed by atoms with Gasteiger partial charge in [0.1, 0.15) is 5.84 Å². The molecule has 0 aromatic heterocycles. The van der Waals surface area contributed by atoms with Crippen molar-refractivity contribution in [3.05, 3.63) is 35.4 Å². The summed E-state index contributed by atoms with van der Waals surface area (Å²) in [6, 6.07) is 7.57. The molecule has 0 bridgehead atoms. The van der Waals surface area contributed by atoms with Crippen LogP contribution in [0.15, 0.2) is 34.3 Å². The van der Waals surface area contributed by atoms with E-state index in [2.05, 4.69) is 22.2 Å². The first-order chi connectivity index (χ1) is 14.4. The van der Waals surface area contributed by atoms with Crippen LogP contribution in [0.25, 0.3) is 0 Å². The van der Waals surface area contributed by atoms with Crippen molar-refractivity contribution in [3.63, 3.8) is 0 Å². The number of benzene rings is 1. The zero-order chi connectivity index (χ0) is 22.6. The lowest BCUT2D eigenvalue weighted by Crippen LogP contribution is -2.32. The first kappa shape index (κ1) is 27.2. The van der Waals surface area contributed by atoms with E-state index in [0.717, 1.165) is 44.5 Å². The van der Waals surface area contributed by atoms with E-state index in [9.17, 15) is 0 Å². The molecule has 1 aromatic rings. The third-order valence-corrected chi connectivity index (χ3v) is 4.34. The summed E-state index contributed by atoms with van der Waals surface area (Å²) in [5, 5.41) is 10.2. The molecular weight excluding hydrogens is 376 g/mol. The fourth-order valence-corrected chi connectivity index (χ4v) is 2.52. The van der Waals surface area contributed by atoms with E-state index in [0.29, 0.717) is 5.96 Å². The van der Waals surface area contributed by atoms with Gasteiger partial charge in [-0.2, -0.15) is 0 Å². The molecule has 0 amide bonds. The number of unbranched alkanes of at least 4 members (excludes halogenated alkanes) is 6. The van der Waals surface area contributed by atoms with Crippen LogP contribution in [0.5, 0.6) is 0 Å². The number of amidine groups is 1. The number of nitrogens with two attached hydrogens (primary N) is 4. The van der Waals surface area contributed by atoms with Crippen LogP contribution in [0.3, 0.4) is 0 Å². The van der Waals surface area contributed by atoms with Crippen molar-refractivity contribution in [2.45, 2.75) is 65.2 Å². The highest BCUT2D eigenvalue weighted by Gasteiger charge is 1.93. The van der Waals surface area contributed by atoms with Crippen LogP contribution in [0.1, 0.15) is 69.4 Å². The summed E-state index contributed by atoms with van der Waals surface area (Å²) in [7, 11) is 0. The highest BCUT2D eigenvalue weighted by Crippen LogP contribution is 2.05. The molecule has 0 fully saturated rings. The second-order valence-corrected chi connectivity index (χ2v) is 7.25. The average molecular weight is 419 g/mol. The molecule has 8 heteroatoms. The van der Waals surface area contributed by atoms with Gasteiger partial charge in [-0.05, 0) is 26.2 Å². The minimum absolute atomic E-state index is 0.125. The molecule has 0 radical (unpaired) electrons. The molecule has 8 nitrogen and oxygen atoms in total. The molecule has 0 spiro atoms. The van der Waals surface area contributed by atoms with E-state index in [-0.39, 0.29) is 11.8 Å². The number of guanidine groups is 2. The smallest absolute Gasteiger partial charge is 0.188 e. The van der Waals surface area contributed by atoms with Crippen LogP contribution in [0.2, 0.25) is 0 Å². The van der Waals surface area contributed by atoms with Crippen LogP contribution in [-0.4, -0.2) is 37.4 Å². The van der Waals surface area contributed by atoms with Gasteiger partial charge in [-0.25, -0.2) is 0 Å². The van der Waals surface area contributed by atoms with Gasteiger partial charge in [-0.15, -0.1) is 0 Å². The molecule has 1 rings (SSSR count). The highest BCUT2D eigenvalue weighted by atomic mass is 15.1. The Kier molecular flexibility index (Phi) is 16.6. The Hall–Kier alpha value is -2.77. The topological polar surface area (TPSA) is 165 Å². The zero-order valence-corrected chi connectivity index (χ0v) is 18.8. The van der Waals surface area contributed by atoms with Crippen molar-refractivity contribution in [1.82, 2.24) is 5.32 Å². The molecule has 1 aromatic carbocycles.